The van der Waals surface area contributed by atoms with Gasteiger partial charge < -0.3 is 16.0 Å². The number of nitrogens with two attached hydrogens (primary N) is 1. The van der Waals surface area contributed by atoms with Gasteiger partial charge in [0.25, 0.3) is 0 Å². The molecule has 4 nitrogen and oxygen atoms in total. The van der Waals surface area contributed by atoms with E-state index >= 15 is 0 Å². The monoisotopic (exact) mass is 295 g/mol. The number of rotatable bonds is 3. The molecule has 1 amide bonds. The lowest BCUT2D eigenvalue weighted by Crippen LogP contribution is -2.44. The molecule has 22 heavy (non-hydrogen) atoms. The topological polar surface area (TPSA) is 58.4 Å². The number of nitrogen functional groups attached to an aromatic ring is 1. The van der Waals surface area contributed by atoms with Crippen LogP contribution < -0.4 is 16.0 Å². The lowest BCUT2D eigenvalue weighted by atomic mass is 10.00. The molecule has 1 aliphatic heterocycles. The molecule has 0 spiro atoms. The van der Waals surface area contributed by atoms with Gasteiger partial charge in [0.05, 0.1) is 11.4 Å². The first-order valence-electron chi connectivity index (χ1n) is 7.67. The molecule has 0 aliphatic carbocycles. The second-order valence-corrected chi connectivity index (χ2v) is 5.68. The molecule has 0 fully saturated rings. The van der Waals surface area contributed by atoms with Crippen molar-refractivity contribution in [2.45, 2.75) is 25.8 Å². The van der Waals surface area contributed by atoms with Crippen molar-refractivity contribution in [2.75, 3.05) is 22.5 Å². The van der Waals surface area contributed by atoms with Crippen LogP contribution in [0.5, 0.6) is 0 Å². The highest BCUT2D eigenvalue weighted by molar-refractivity contribution is 5.99. The van der Waals surface area contributed by atoms with Gasteiger partial charge in [0.15, 0.2) is 0 Å². The lowest BCUT2D eigenvalue weighted by molar-refractivity contribution is -0.117. The highest BCUT2D eigenvalue weighted by Gasteiger charge is 2.26. The summed E-state index contributed by atoms with van der Waals surface area (Å²) in [5.41, 5.74) is 9.63. The molecule has 0 saturated carbocycles. The predicted molar refractivity (Wildman–Crippen MR) is 91.1 cm³/mol. The fourth-order valence-electron chi connectivity index (χ4n) is 2.95. The number of nitrogens with one attached hydrogen (secondary N) is 1. The maximum absolute atomic E-state index is 12.6. The van der Waals surface area contributed by atoms with Crippen LogP contribution >= 0.6 is 0 Å². The zero-order valence-electron chi connectivity index (χ0n) is 12.8. The normalized spacial score (nSPS) is 15.0. The van der Waals surface area contributed by atoms with E-state index in [-0.39, 0.29) is 11.9 Å². The Morgan fingerprint density at radius 2 is 1.91 bits per heavy atom. The molecule has 2 aromatic rings. The summed E-state index contributed by atoms with van der Waals surface area (Å²) in [5, 5.41) is 2.93. The number of hydrogen-bond donors (Lipinski definition) is 2. The van der Waals surface area contributed by atoms with E-state index in [1.165, 1.54) is 5.56 Å². The van der Waals surface area contributed by atoms with Gasteiger partial charge in [-0.05, 0) is 43.5 Å². The Morgan fingerprint density at radius 3 is 2.73 bits per heavy atom. The van der Waals surface area contributed by atoms with Crippen LogP contribution in [0, 0.1) is 0 Å². The van der Waals surface area contributed by atoms with Crippen LogP contribution in [0.15, 0.2) is 48.5 Å². The Balaban J connectivity index is 1.78. The summed E-state index contributed by atoms with van der Waals surface area (Å²) in [7, 11) is 0. The molecule has 4 heteroatoms. The average Bonchev–Trinajstić information content (AvgIpc) is 2.55. The van der Waals surface area contributed by atoms with Crippen LogP contribution in [0.3, 0.4) is 0 Å². The number of nitrogens with zero attached hydrogens (tertiary/aromatic N) is 1. The number of hydrogen-bond acceptors (Lipinski definition) is 3. The number of amides is 1. The van der Waals surface area contributed by atoms with Crippen LogP contribution in [-0.2, 0) is 11.2 Å². The first-order chi connectivity index (χ1) is 10.7. The van der Waals surface area contributed by atoms with Crippen molar-refractivity contribution >= 4 is 23.0 Å². The number of aryl methyl sites for hydroxylation is 1. The smallest absolute Gasteiger partial charge is 0.246 e. The Kier molecular flexibility index (Phi) is 4.00. The van der Waals surface area contributed by atoms with Crippen LogP contribution in [0.25, 0.3) is 0 Å². The van der Waals surface area contributed by atoms with Crippen molar-refractivity contribution in [2.24, 2.45) is 0 Å². The van der Waals surface area contributed by atoms with Gasteiger partial charge in [-0.15, -0.1) is 0 Å². The second-order valence-electron chi connectivity index (χ2n) is 5.68. The molecule has 114 valence electrons. The highest BCUT2D eigenvalue weighted by atomic mass is 16.2. The number of benzene rings is 2. The molecule has 1 aliphatic rings. The zero-order chi connectivity index (χ0) is 15.5. The number of fused-ring (bicyclic) bond motifs is 1. The molecular formula is C18H21N3O. The molecule has 3 rings (SSSR count). The van der Waals surface area contributed by atoms with E-state index in [2.05, 4.69) is 28.4 Å². The van der Waals surface area contributed by atoms with Crippen LogP contribution in [0.1, 0.15) is 18.9 Å². The van der Waals surface area contributed by atoms with E-state index in [0.717, 1.165) is 25.1 Å². The molecule has 0 radical (unpaired) electrons. The molecule has 2 aromatic carbocycles. The standard InChI is InChI=1S/C18H21N3O/c1-13(18(22)20-16-10-4-3-9-15(16)19)21-12-6-8-14-7-2-5-11-17(14)21/h2-5,7,9-11,13H,6,8,12,19H2,1H3,(H,20,22). The van der Waals surface area contributed by atoms with Crippen molar-refractivity contribution in [3.63, 3.8) is 0 Å². The summed E-state index contributed by atoms with van der Waals surface area (Å²) in [6.45, 7) is 2.84. The van der Waals surface area contributed by atoms with E-state index < -0.39 is 0 Å². The van der Waals surface area contributed by atoms with E-state index in [4.69, 9.17) is 5.73 Å². The first kappa shape index (κ1) is 14.4. The molecule has 1 heterocycles. The third kappa shape index (κ3) is 2.77. The third-order valence-corrected chi connectivity index (χ3v) is 4.21. The Hall–Kier alpha value is -2.49. The minimum Gasteiger partial charge on any atom is -0.397 e. The van der Waals surface area contributed by atoms with Gasteiger partial charge in [0, 0.05) is 12.2 Å². The Bertz CT molecular complexity index is 684. The van der Waals surface area contributed by atoms with Gasteiger partial charge in [0.1, 0.15) is 6.04 Å². The van der Waals surface area contributed by atoms with E-state index in [9.17, 15) is 4.79 Å². The largest absolute Gasteiger partial charge is 0.397 e. The van der Waals surface area contributed by atoms with Gasteiger partial charge in [-0.3, -0.25) is 4.79 Å². The third-order valence-electron chi connectivity index (χ3n) is 4.21. The Labute approximate surface area is 130 Å². The Morgan fingerprint density at radius 1 is 1.18 bits per heavy atom. The van der Waals surface area contributed by atoms with Gasteiger partial charge in [0.2, 0.25) is 5.91 Å². The van der Waals surface area contributed by atoms with E-state index in [1.54, 1.807) is 6.07 Å². The van der Waals surface area contributed by atoms with Gasteiger partial charge in [-0.25, -0.2) is 0 Å². The molecule has 3 N–H and O–H groups in total. The van der Waals surface area contributed by atoms with E-state index in [0.29, 0.717) is 11.4 Å². The van der Waals surface area contributed by atoms with Crippen molar-refractivity contribution in [1.29, 1.82) is 0 Å². The quantitative estimate of drug-likeness (QED) is 0.856. The summed E-state index contributed by atoms with van der Waals surface area (Å²) in [6, 6.07) is 15.4. The molecule has 0 bridgehead atoms. The number of anilines is 3. The fourth-order valence-corrected chi connectivity index (χ4v) is 2.95. The van der Waals surface area contributed by atoms with Gasteiger partial charge in [-0.2, -0.15) is 0 Å². The maximum atomic E-state index is 12.6. The molecule has 1 atom stereocenters. The summed E-state index contributed by atoms with van der Waals surface area (Å²) in [4.78, 5) is 14.7. The molecular weight excluding hydrogens is 274 g/mol. The SMILES string of the molecule is CC(C(=O)Nc1ccccc1N)N1CCCc2ccccc21. The summed E-state index contributed by atoms with van der Waals surface area (Å²) < 4.78 is 0. The van der Waals surface area contributed by atoms with Crippen molar-refractivity contribution < 1.29 is 4.79 Å². The van der Waals surface area contributed by atoms with Gasteiger partial charge >= 0.3 is 0 Å². The molecule has 0 aromatic heterocycles. The highest BCUT2D eigenvalue weighted by Crippen LogP contribution is 2.29. The summed E-state index contributed by atoms with van der Waals surface area (Å²) in [6.07, 6.45) is 2.15. The zero-order valence-corrected chi connectivity index (χ0v) is 12.8. The second kappa shape index (κ2) is 6.10. The maximum Gasteiger partial charge on any atom is 0.246 e. The van der Waals surface area contributed by atoms with Crippen molar-refractivity contribution in [3.05, 3.63) is 54.1 Å². The summed E-state index contributed by atoms with van der Waals surface area (Å²) in [5.74, 6) is -0.0328. The lowest BCUT2D eigenvalue weighted by Gasteiger charge is -2.35. The molecule has 0 saturated heterocycles. The predicted octanol–water partition coefficient (Wildman–Crippen LogP) is 3.05. The summed E-state index contributed by atoms with van der Waals surface area (Å²) >= 11 is 0. The van der Waals surface area contributed by atoms with Crippen LogP contribution in [0.4, 0.5) is 17.1 Å². The van der Waals surface area contributed by atoms with Crippen molar-refractivity contribution in [1.82, 2.24) is 0 Å². The minimum absolute atomic E-state index is 0.0328. The van der Waals surface area contributed by atoms with Crippen LogP contribution in [-0.4, -0.2) is 18.5 Å². The van der Waals surface area contributed by atoms with Crippen molar-refractivity contribution in [3.8, 4) is 0 Å². The average molecular weight is 295 g/mol. The first-order valence-corrected chi connectivity index (χ1v) is 7.67. The molecule has 1 unspecified atom stereocenters. The number of carbonyl (C=O) groups is 1. The van der Waals surface area contributed by atoms with Gasteiger partial charge in [-0.1, -0.05) is 30.3 Å². The van der Waals surface area contributed by atoms with Crippen LogP contribution in [0.2, 0.25) is 0 Å². The minimum atomic E-state index is -0.235. The van der Waals surface area contributed by atoms with E-state index in [1.807, 2.05) is 31.2 Å². The fraction of sp³-hybridized carbons (Fsp3) is 0.278. The number of para-hydroxylation sites is 3. The number of carbonyl (C=O) groups excluding carboxylic acids is 1.